The summed E-state index contributed by atoms with van der Waals surface area (Å²) in [5, 5.41) is 3.49. The van der Waals surface area contributed by atoms with Crippen molar-refractivity contribution in [3.8, 4) is 0 Å². The number of rotatable bonds is 2. The zero-order valence-corrected chi connectivity index (χ0v) is 11.5. The minimum Gasteiger partial charge on any atom is -0.330 e. The van der Waals surface area contributed by atoms with E-state index in [1.807, 2.05) is 6.33 Å². The third-order valence-corrected chi connectivity index (χ3v) is 4.65. The molecule has 0 aliphatic carbocycles. The van der Waals surface area contributed by atoms with Gasteiger partial charge in [-0.3, -0.25) is 0 Å². The van der Waals surface area contributed by atoms with Gasteiger partial charge in [0.25, 0.3) is 0 Å². The monoisotopic (exact) mass is 248 g/mol. The molecule has 3 rings (SSSR count). The van der Waals surface area contributed by atoms with Crippen molar-refractivity contribution in [2.24, 2.45) is 0 Å². The predicted octanol–water partition coefficient (Wildman–Crippen LogP) is 1.40. The molecule has 0 aromatic carbocycles. The molecule has 0 spiro atoms. The Morgan fingerprint density at radius 2 is 2.39 bits per heavy atom. The number of likely N-dealkylation sites (tertiary alicyclic amines) is 1. The van der Waals surface area contributed by atoms with Crippen LogP contribution >= 0.6 is 0 Å². The summed E-state index contributed by atoms with van der Waals surface area (Å²) in [4.78, 5) is 6.87. The Kier molecular flexibility index (Phi) is 3.16. The molecule has 1 aromatic rings. The average molecular weight is 248 g/mol. The van der Waals surface area contributed by atoms with Crippen LogP contribution in [0.5, 0.6) is 0 Å². The molecule has 1 aromatic heterocycles. The maximum atomic E-state index is 4.43. The first-order valence-corrected chi connectivity index (χ1v) is 7.11. The Hall–Kier alpha value is -0.870. The lowest BCUT2D eigenvalue weighted by molar-refractivity contribution is 0.206. The molecule has 0 bridgehead atoms. The molecule has 18 heavy (non-hydrogen) atoms. The predicted molar refractivity (Wildman–Crippen MR) is 72.8 cm³/mol. The first-order valence-electron chi connectivity index (χ1n) is 7.11. The molecule has 2 atom stereocenters. The van der Waals surface area contributed by atoms with Gasteiger partial charge in [0.15, 0.2) is 0 Å². The Bertz CT molecular complexity index is 406. The van der Waals surface area contributed by atoms with Crippen molar-refractivity contribution >= 4 is 0 Å². The molecule has 4 heteroatoms. The average Bonchev–Trinajstić information content (AvgIpc) is 2.98. The van der Waals surface area contributed by atoms with E-state index in [0.29, 0.717) is 6.04 Å². The molecule has 0 radical (unpaired) electrons. The van der Waals surface area contributed by atoms with E-state index in [4.69, 9.17) is 0 Å². The van der Waals surface area contributed by atoms with Crippen molar-refractivity contribution in [2.45, 2.75) is 37.6 Å². The smallest absolute Gasteiger partial charge is 0.0951 e. The van der Waals surface area contributed by atoms with Crippen LogP contribution in [0.25, 0.3) is 0 Å². The van der Waals surface area contributed by atoms with Crippen LogP contribution in [0, 0.1) is 0 Å². The maximum absolute atomic E-state index is 4.43. The van der Waals surface area contributed by atoms with Crippen LogP contribution in [0.1, 0.15) is 37.9 Å². The third kappa shape index (κ3) is 2.08. The number of piperidine rings is 1. The fourth-order valence-corrected chi connectivity index (χ4v) is 3.46. The van der Waals surface area contributed by atoms with Crippen LogP contribution in [0.2, 0.25) is 0 Å². The number of hydrogen-bond donors (Lipinski definition) is 1. The zero-order valence-electron chi connectivity index (χ0n) is 11.5. The molecule has 100 valence electrons. The van der Waals surface area contributed by atoms with Crippen LogP contribution in [-0.2, 0) is 5.41 Å². The van der Waals surface area contributed by atoms with E-state index >= 15 is 0 Å². The Labute approximate surface area is 109 Å². The van der Waals surface area contributed by atoms with Gasteiger partial charge in [-0.05, 0) is 39.4 Å². The second kappa shape index (κ2) is 4.67. The molecule has 2 unspecified atom stereocenters. The molecule has 2 aliphatic heterocycles. The topological polar surface area (TPSA) is 33.1 Å². The molecule has 2 fully saturated rings. The van der Waals surface area contributed by atoms with Gasteiger partial charge in [-0.25, -0.2) is 4.98 Å². The van der Waals surface area contributed by atoms with Gasteiger partial charge in [-0.15, -0.1) is 0 Å². The minimum atomic E-state index is 0.270. The lowest BCUT2D eigenvalue weighted by Crippen LogP contribution is -2.36. The molecule has 0 saturated carbocycles. The van der Waals surface area contributed by atoms with Gasteiger partial charge < -0.3 is 14.8 Å². The van der Waals surface area contributed by atoms with Gasteiger partial charge in [0, 0.05) is 36.4 Å². The molecule has 1 N–H and O–H groups in total. The number of hydrogen-bond acceptors (Lipinski definition) is 3. The van der Waals surface area contributed by atoms with Crippen molar-refractivity contribution in [3.63, 3.8) is 0 Å². The fraction of sp³-hybridized carbons (Fsp3) is 0.786. The number of imidazole rings is 1. The summed E-state index contributed by atoms with van der Waals surface area (Å²) in [5.41, 5.74) is 1.69. The van der Waals surface area contributed by atoms with Crippen LogP contribution in [-0.4, -0.2) is 47.7 Å². The van der Waals surface area contributed by atoms with Gasteiger partial charge in [0.2, 0.25) is 0 Å². The van der Waals surface area contributed by atoms with Gasteiger partial charge in [0.05, 0.1) is 6.33 Å². The molecule has 3 heterocycles. The Balaban J connectivity index is 1.86. The summed E-state index contributed by atoms with van der Waals surface area (Å²) < 4.78 is 2.45. The van der Waals surface area contributed by atoms with Crippen molar-refractivity contribution in [3.05, 3.63) is 18.2 Å². The molecule has 0 amide bonds. The van der Waals surface area contributed by atoms with E-state index in [1.165, 1.54) is 31.5 Å². The number of aromatic nitrogens is 2. The zero-order chi connectivity index (χ0) is 12.6. The fourth-order valence-electron chi connectivity index (χ4n) is 3.46. The van der Waals surface area contributed by atoms with Gasteiger partial charge in [0.1, 0.15) is 0 Å². The van der Waals surface area contributed by atoms with Crippen molar-refractivity contribution in [2.75, 3.05) is 33.2 Å². The van der Waals surface area contributed by atoms with E-state index in [2.05, 4.69) is 39.9 Å². The quantitative estimate of drug-likeness (QED) is 0.859. The van der Waals surface area contributed by atoms with E-state index in [1.54, 1.807) is 0 Å². The normalized spacial score (nSPS) is 34.0. The first-order chi connectivity index (χ1) is 8.69. The van der Waals surface area contributed by atoms with Crippen LogP contribution in [0.4, 0.5) is 0 Å². The summed E-state index contributed by atoms with van der Waals surface area (Å²) in [5.74, 6) is 0. The van der Waals surface area contributed by atoms with Crippen LogP contribution in [0.3, 0.4) is 0 Å². The molecule has 2 saturated heterocycles. The van der Waals surface area contributed by atoms with E-state index in [9.17, 15) is 0 Å². The third-order valence-electron chi connectivity index (χ3n) is 4.65. The largest absolute Gasteiger partial charge is 0.330 e. The maximum Gasteiger partial charge on any atom is 0.0951 e. The highest BCUT2D eigenvalue weighted by molar-refractivity contribution is 5.18. The second-order valence-electron chi connectivity index (χ2n) is 6.23. The highest BCUT2D eigenvalue weighted by atomic mass is 15.2. The molecule has 2 aliphatic rings. The van der Waals surface area contributed by atoms with E-state index < -0.39 is 0 Å². The van der Waals surface area contributed by atoms with E-state index in [0.717, 1.165) is 19.6 Å². The Morgan fingerprint density at radius 1 is 1.50 bits per heavy atom. The minimum absolute atomic E-state index is 0.270. The lowest BCUT2D eigenvalue weighted by Gasteiger charge is -2.34. The van der Waals surface area contributed by atoms with Crippen LogP contribution in [0.15, 0.2) is 12.5 Å². The van der Waals surface area contributed by atoms with Crippen LogP contribution < -0.4 is 5.32 Å². The summed E-state index contributed by atoms with van der Waals surface area (Å²) in [6.07, 6.45) is 7.94. The Morgan fingerprint density at radius 3 is 3.11 bits per heavy atom. The summed E-state index contributed by atoms with van der Waals surface area (Å²) in [7, 11) is 2.22. The summed E-state index contributed by atoms with van der Waals surface area (Å²) >= 11 is 0. The molecule has 4 nitrogen and oxygen atoms in total. The van der Waals surface area contributed by atoms with Gasteiger partial charge >= 0.3 is 0 Å². The number of nitrogens with one attached hydrogen (secondary N) is 1. The molecular formula is C14H24N4. The SMILES string of the molecule is CN1CCCC(n2cncc2C2(C)CCNC2)C1. The van der Waals surface area contributed by atoms with Crippen molar-refractivity contribution in [1.29, 1.82) is 0 Å². The van der Waals surface area contributed by atoms with Crippen molar-refractivity contribution in [1.82, 2.24) is 19.8 Å². The number of nitrogens with zero attached hydrogens (tertiary/aromatic N) is 3. The first kappa shape index (κ1) is 12.2. The highest BCUT2D eigenvalue weighted by Crippen LogP contribution is 2.33. The van der Waals surface area contributed by atoms with E-state index in [-0.39, 0.29) is 5.41 Å². The summed E-state index contributed by atoms with van der Waals surface area (Å²) in [6.45, 7) is 6.98. The van der Waals surface area contributed by atoms with Crippen molar-refractivity contribution < 1.29 is 0 Å². The second-order valence-corrected chi connectivity index (χ2v) is 6.23. The lowest BCUT2D eigenvalue weighted by atomic mass is 9.85. The standard InChI is InChI=1S/C14H24N4/c1-14(5-6-15-10-14)13-8-16-11-18(13)12-4-3-7-17(2)9-12/h8,11-12,15H,3-7,9-10H2,1-2H3. The van der Waals surface area contributed by atoms with Gasteiger partial charge in [-0.1, -0.05) is 6.92 Å². The highest BCUT2D eigenvalue weighted by Gasteiger charge is 2.35. The van der Waals surface area contributed by atoms with Gasteiger partial charge in [-0.2, -0.15) is 0 Å². The number of likely N-dealkylation sites (N-methyl/N-ethyl adjacent to an activating group) is 1. The summed E-state index contributed by atoms with van der Waals surface area (Å²) in [6, 6.07) is 0.610. The molecular weight excluding hydrogens is 224 g/mol.